The van der Waals surface area contributed by atoms with Crippen LogP contribution in [-0.2, 0) is 17.5 Å². The second-order valence-electron chi connectivity index (χ2n) is 6.62. The number of benzene rings is 1. The molecule has 0 saturated heterocycles. The average Bonchev–Trinajstić information content (AvgIpc) is 3.36. The summed E-state index contributed by atoms with van der Waals surface area (Å²) in [6.07, 6.45) is -3.23. The lowest BCUT2D eigenvalue weighted by Gasteiger charge is -2.09. The molecular formula is C17H16BrF3N4O3. The molecule has 0 unspecified atom stereocenters. The Balaban J connectivity index is 1.75. The molecule has 1 aliphatic rings. The maximum Gasteiger partial charge on any atom is 0.436 e. The molecule has 2 aromatic rings. The maximum atomic E-state index is 13.1. The lowest BCUT2D eigenvalue weighted by molar-refractivity contribution is -0.384. The first-order valence-corrected chi connectivity index (χ1v) is 9.25. The number of carbonyl (C=O) groups excluding carboxylic acids is 1. The molecule has 28 heavy (non-hydrogen) atoms. The van der Waals surface area contributed by atoms with Crippen molar-refractivity contribution in [1.29, 1.82) is 0 Å². The molecule has 1 fully saturated rings. The highest BCUT2D eigenvalue weighted by atomic mass is 79.9. The Kier molecular flexibility index (Phi) is 5.46. The number of nitro benzene ring substituents is 1. The van der Waals surface area contributed by atoms with Gasteiger partial charge >= 0.3 is 6.18 Å². The molecule has 0 aliphatic heterocycles. The van der Waals surface area contributed by atoms with E-state index in [4.69, 9.17) is 0 Å². The summed E-state index contributed by atoms with van der Waals surface area (Å²) in [7, 11) is 0. The minimum atomic E-state index is -4.60. The molecule has 0 radical (unpaired) electrons. The third kappa shape index (κ3) is 4.34. The van der Waals surface area contributed by atoms with Crippen molar-refractivity contribution in [2.24, 2.45) is 0 Å². The van der Waals surface area contributed by atoms with Gasteiger partial charge in [-0.15, -0.1) is 0 Å². The molecule has 0 spiro atoms. The molecule has 1 aromatic heterocycles. The SMILES string of the molecule is Cc1ccc(NC(=O)CCn2nc(C(F)(F)F)c(Br)c2C2CC2)c([N+](=O)[O-])c1. The minimum Gasteiger partial charge on any atom is -0.320 e. The lowest BCUT2D eigenvalue weighted by atomic mass is 10.2. The van der Waals surface area contributed by atoms with E-state index < -0.39 is 22.7 Å². The molecule has 1 amide bonds. The molecule has 1 aromatic carbocycles. The van der Waals surface area contributed by atoms with Crippen LogP contribution in [0.15, 0.2) is 22.7 Å². The van der Waals surface area contributed by atoms with Crippen LogP contribution in [0, 0.1) is 17.0 Å². The van der Waals surface area contributed by atoms with Crippen LogP contribution in [0.25, 0.3) is 0 Å². The Morgan fingerprint density at radius 1 is 1.43 bits per heavy atom. The van der Waals surface area contributed by atoms with Gasteiger partial charge in [0.1, 0.15) is 5.69 Å². The number of hydrogen-bond donors (Lipinski definition) is 1. The van der Waals surface area contributed by atoms with E-state index in [0.29, 0.717) is 11.3 Å². The van der Waals surface area contributed by atoms with Gasteiger partial charge in [-0.1, -0.05) is 6.07 Å². The van der Waals surface area contributed by atoms with E-state index in [-0.39, 0.29) is 34.7 Å². The van der Waals surface area contributed by atoms with Crippen molar-refractivity contribution in [3.05, 3.63) is 49.7 Å². The van der Waals surface area contributed by atoms with Crippen molar-refractivity contribution in [2.45, 2.75) is 44.8 Å². The molecular weight excluding hydrogens is 445 g/mol. The number of halogens is 4. The molecule has 150 valence electrons. The predicted octanol–water partition coefficient (Wildman–Crippen LogP) is 4.79. The minimum absolute atomic E-state index is 0.0146. The number of rotatable bonds is 6. The first-order chi connectivity index (χ1) is 13.1. The fourth-order valence-corrected chi connectivity index (χ4v) is 3.70. The second-order valence-corrected chi connectivity index (χ2v) is 7.41. The van der Waals surface area contributed by atoms with E-state index >= 15 is 0 Å². The summed E-state index contributed by atoms with van der Waals surface area (Å²) in [5.41, 5.74) is -0.112. The number of nitrogens with zero attached hydrogens (tertiary/aromatic N) is 3. The van der Waals surface area contributed by atoms with Crippen molar-refractivity contribution in [2.75, 3.05) is 5.32 Å². The third-order valence-electron chi connectivity index (χ3n) is 4.34. The summed E-state index contributed by atoms with van der Waals surface area (Å²) in [6.45, 7) is 1.62. The van der Waals surface area contributed by atoms with Crippen molar-refractivity contribution in [1.82, 2.24) is 9.78 Å². The molecule has 1 aliphatic carbocycles. The van der Waals surface area contributed by atoms with Gasteiger partial charge in [0.25, 0.3) is 5.69 Å². The highest BCUT2D eigenvalue weighted by Gasteiger charge is 2.41. The van der Waals surface area contributed by atoms with Gasteiger partial charge in [0.2, 0.25) is 5.91 Å². The van der Waals surface area contributed by atoms with Crippen LogP contribution in [0.2, 0.25) is 0 Å². The van der Waals surface area contributed by atoms with Crippen LogP contribution < -0.4 is 5.32 Å². The van der Waals surface area contributed by atoms with Gasteiger partial charge < -0.3 is 5.32 Å². The van der Waals surface area contributed by atoms with Crippen molar-refractivity contribution in [3.63, 3.8) is 0 Å². The van der Waals surface area contributed by atoms with Crippen LogP contribution in [0.3, 0.4) is 0 Å². The van der Waals surface area contributed by atoms with Gasteiger partial charge in [-0.25, -0.2) is 0 Å². The largest absolute Gasteiger partial charge is 0.436 e. The van der Waals surface area contributed by atoms with E-state index in [0.717, 1.165) is 12.8 Å². The van der Waals surface area contributed by atoms with Crippen molar-refractivity contribution >= 4 is 33.2 Å². The molecule has 1 saturated carbocycles. The quantitative estimate of drug-likeness (QED) is 0.495. The summed E-state index contributed by atoms with van der Waals surface area (Å²) >= 11 is 2.99. The van der Waals surface area contributed by atoms with Gasteiger partial charge in [0, 0.05) is 18.4 Å². The molecule has 0 atom stereocenters. The number of alkyl halides is 3. The fraction of sp³-hybridized carbons (Fsp3) is 0.412. The predicted molar refractivity (Wildman–Crippen MR) is 98.0 cm³/mol. The number of anilines is 1. The van der Waals surface area contributed by atoms with Gasteiger partial charge in [0.15, 0.2) is 5.69 Å². The first-order valence-electron chi connectivity index (χ1n) is 8.46. The number of hydrogen-bond acceptors (Lipinski definition) is 4. The zero-order valence-electron chi connectivity index (χ0n) is 14.7. The molecule has 11 heteroatoms. The second kappa shape index (κ2) is 7.53. The average molecular weight is 461 g/mol. The maximum absolute atomic E-state index is 13.1. The third-order valence-corrected chi connectivity index (χ3v) is 5.12. The standard InChI is InChI=1S/C17H16BrF3N4O3/c1-9-2-5-11(12(8-9)25(27)28)22-13(26)6-7-24-15(10-3-4-10)14(18)16(23-24)17(19,20)21/h2,5,8,10H,3-4,6-7H2,1H3,(H,22,26). The molecule has 1 heterocycles. The Hall–Kier alpha value is -2.43. The number of carbonyl (C=O) groups is 1. The summed E-state index contributed by atoms with van der Waals surface area (Å²) in [5.74, 6) is -0.562. The smallest absolute Gasteiger partial charge is 0.320 e. The molecule has 3 rings (SSSR count). The Bertz CT molecular complexity index is 938. The fourth-order valence-electron chi connectivity index (χ4n) is 2.87. The Morgan fingerprint density at radius 2 is 2.11 bits per heavy atom. The first kappa shape index (κ1) is 20.3. The van der Waals surface area contributed by atoms with E-state index in [1.54, 1.807) is 13.0 Å². The van der Waals surface area contributed by atoms with E-state index in [1.807, 2.05) is 0 Å². The zero-order chi connectivity index (χ0) is 20.6. The lowest BCUT2D eigenvalue weighted by Crippen LogP contribution is -2.17. The van der Waals surface area contributed by atoms with E-state index in [1.165, 1.54) is 16.8 Å². The van der Waals surface area contributed by atoms with Gasteiger partial charge in [-0.2, -0.15) is 18.3 Å². The van der Waals surface area contributed by atoms with Gasteiger partial charge in [0.05, 0.1) is 21.6 Å². The topological polar surface area (TPSA) is 90.1 Å². The van der Waals surface area contributed by atoms with Crippen LogP contribution in [-0.4, -0.2) is 20.6 Å². The summed E-state index contributed by atoms with van der Waals surface area (Å²) in [5, 5.41) is 17.2. The number of amides is 1. The van der Waals surface area contributed by atoms with E-state index in [2.05, 4.69) is 26.3 Å². The number of nitro groups is 1. The van der Waals surface area contributed by atoms with Gasteiger partial charge in [-0.05, 0) is 47.3 Å². The number of nitrogens with one attached hydrogen (secondary N) is 1. The van der Waals surface area contributed by atoms with E-state index in [9.17, 15) is 28.1 Å². The zero-order valence-corrected chi connectivity index (χ0v) is 16.3. The highest BCUT2D eigenvalue weighted by Crippen LogP contribution is 2.47. The number of aromatic nitrogens is 2. The summed E-state index contributed by atoms with van der Waals surface area (Å²) < 4.78 is 40.5. The van der Waals surface area contributed by atoms with Gasteiger partial charge in [-0.3, -0.25) is 19.6 Å². The summed E-state index contributed by atoms with van der Waals surface area (Å²) in [6, 6.07) is 4.38. The molecule has 0 bridgehead atoms. The summed E-state index contributed by atoms with van der Waals surface area (Å²) in [4.78, 5) is 22.7. The van der Waals surface area contributed by atoms with Crippen LogP contribution in [0.1, 0.15) is 42.1 Å². The normalized spacial score (nSPS) is 14.2. The monoisotopic (exact) mass is 460 g/mol. The molecule has 7 nitrogen and oxygen atoms in total. The Labute approximate surface area is 166 Å². The van der Waals surface area contributed by atoms with Crippen LogP contribution in [0.5, 0.6) is 0 Å². The van der Waals surface area contributed by atoms with Crippen molar-refractivity contribution < 1.29 is 22.9 Å². The van der Waals surface area contributed by atoms with Crippen LogP contribution in [0.4, 0.5) is 24.5 Å². The highest BCUT2D eigenvalue weighted by molar-refractivity contribution is 9.10. The molecule has 1 N–H and O–H groups in total. The van der Waals surface area contributed by atoms with Crippen molar-refractivity contribution in [3.8, 4) is 0 Å². The number of aryl methyl sites for hydroxylation is 2. The van der Waals surface area contributed by atoms with Crippen LogP contribution >= 0.6 is 15.9 Å². The Morgan fingerprint density at radius 3 is 2.68 bits per heavy atom.